The first kappa shape index (κ1) is 14.4. The maximum Gasteiger partial charge on any atom is 0.120 e. The molecule has 0 amide bonds. The van der Waals surface area contributed by atoms with E-state index in [-0.39, 0.29) is 6.10 Å². The minimum Gasteiger partial charge on any atom is -0.508 e. The molecule has 0 aromatic heterocycles. The molecule has 0 radical (unpaired) electrons. The van der Waals surface area contributed by atoms with Crippen LogP contribution < -0.4 is 0 Å². The van der Waals surface area contributed by atoms with Crippen LogP contribution in [-0.4, -0.2) is 36.3 Å². The number of piperidine rings is 1. The van der Waals surface area contributed by atoms with E-state index >= 15 is 0 Å². The van der Waals surface area contributed by atoms with Gasteiger partial charge in [0.25, 0.3) is 0 Å². The molecule has 2 unspecified atom stereocenters. The maximum atomic E-state index is 10.3. The number of phenols is 1. The molecule has 0 bridgehead atoms. The maximum absolute atomic E-state index is 10.3. The van der Waals surface area contributed by atoms with E-state index in [4.69, 9.17) is 4.74 Å². The van der Waals surface area contributed by atoms with Gasteiger partial charge in [0.15, 0.2) is 0 Å². The lowest BCUT2D eigenvalue weighted by molar-refractivity contribution is -0.00749. The van der Waals surface area contributed by atoms with Gasteiger partial charge in [-0.3, -0.25) is 4.90 Å². The topological polar surface area (TPSA) is 32.7 Å². The van der Waals surface area contributed by atoms with E-state index in [0.717, 1.165) is 37.0 Å². The molecular weight excluding hydrogens is 262 g/mol. The lowest BCUT2D eigenvalue weighted by Crippen LogP contribution is -2.43. The summed E-state index contributed by atoms with van der Waals surface area (Å²) in [6.07, 6.45) is 1.43. The highest BCUT2D eigenvalue weighted by molar-refractivity contribution is 5.87. The average molecular weight is 285 g/mol. The molecule has 1 N–H and O–H groups in total. The summed E-state index contributed by atoms with van der Waals surface area (Å²) in [5, 5.41) is 12.6. The molecule has 0 spiro atoms. The first-order valence-electron chi connectivity index (χ1n) is 7.64. The molecule has 3 heteroatoms. The number of benzene rings is 2. The second kappa shape index (κ2) is 6.04. The fourth-order valence-corrected chi connectivity index (χ4v) is 3.26. The standard InChI is InChI=1S/C18H23NO2/c1-13-9-10-19(12-18(13)21-2)11-16-15-6-4-3-5-14(15)7-8-17(16)20/h3-8,13,18,20H,9-12H2,1-2H3. The molecule has 112 valence electrons. The Morgan fingerprint density at radius 1 is 1.24 bits per heavy atom. The molecule has 21 heavy (non-hydrogen) atoms. The number of fused-ring (bicyclic) bond motifs is 1. The molecule has 2 atom stereocenters. The summed E-state index contributed by atoms with van der Waals surface area (Å²) in [6, 6.07) is 12.0. The normalized spacial score (nSPS) is 23.5. The fourth-order valence-electron chi connectivity index (χ4n) is 3.26. The first-order valence-corrected chi connectivity index (χ1v) is 7.64. The Morgan fingerprint density at radius 3 is 2.86 bits per heavy atom. The monoisotopic (exact) mass is 285 g/mol. The van der Waals surface area contributed by atoms with Gasteiger partial charge in [0.2, 0.25) is 0 Å². The molecule has 1 fully saturated rings. The van der Waals surface area contributed by atoms with Crippen LogP contribution in [0.15, 0.2) is 36.4 Å². The zero-order chi connectivity index (χ0) is 14.8. The zero-order valence-electron chi connectivity index (χ0n) is 12.7. The third-order valence-corrected chi connectivity index (χ3v) is 4.67. The Labute approximate surface area is 126 Å². The van der Waals surface area contributed by atoms with Crippen LogP contribution in [0.4, 0.5) is 0 Å². The molecule has 3 rings (SSSR count). The number of ether oxygens (including phenoxy) is 1. The molecule has 2 aromatic carbocycles. The van der Waals surface area contributed by atoms with E-state index in [1.165, 1.54) is 5.39 Å². The summed E-state index contributed by atoms with van der Waals surface area (Å²) < 4.78 is 5.58. The second-order valence-corrected chi connectivity index (χ2v) is 6.06. The van der Waals surface area contributed by atoms with Crippen molar-refractivity contribution in [3.8, 4) is 5.75 Å². The van der Waals surface area contributed by atoms with Crippen LogP contribution in [0.1, 0.15) is 18.9 Å². The van der Waals surface area contributed by atoms with Gasteiger partial charge >= 0.3 is 0 Å². The highest BCUT2D eigenvalue weighted by Gasteiger charge is 2.26. The molecule has 2 aromatic rings. The van der Waals surface area contributed by atoms with E-state index in [0.29, 0.717) is 11.7 Å². The van der Waals surface area contributed by atoms with Crippen molar-refractivity contribution in [1.29, 1.82) is 0 Å². The van der Waals surface area contributed by atoms with Gasteiger partial charge in [-0.2, -0.15) is 0 Å². The quantitative estimate of drug-likeness (QED) is 0.938. The van der Waals surface area contributed by atoms with Crippen LogP contribution >= 0.6 is 0 Å². The number of hydrogen-bond donors (Lipinski definition) is 1. The third kappa shape index (κ3) is 2.89. The molecule has 0 aliphatic carbocycles. The lowest BCUT2D eigenvalue weighted by Gasteiger charge is -2.36. The summed E-state index contributed by atoms with van der Waals surface area (Å²) >= 11 is 0. The summed E-state index contributed by atoms with van der Waals surface area (Å²) in [4.78, 5) is 2.38. The Bertz CT molecular complexity index is 626. The van der Waals surface area contributed by atoms with Crippen molar-refractivity contribution in [1.82, 2.24) is 4.90 Å². The fraction of sp³-hybridized carbons (Fsp3) is 0.444. The van der Waals surface area contributed by atoms with E-state index in [9.17, 15) is 5.11 Å². The smallest absolute Gasteiger partial charge is 0.120 e. The van der Waals surface area contributed by atoms with Gasteiger partial charge in [0, 0.05) is 25.8 Å². The first-order chi connectivity index (χ1) is 10.2. The van der Waals surface area contributed by atoms with Gasteiger partial charge in [-0.25, -0.2) is 0 Å². The largest absolute Gasteiger partial charge is 0.508 e. The van der Waals surface area contributed by atoms with Crippen molar-refractivity contribution in [2.75, 3.05) is 20.2 Å². The highest BCUT2D eigenvalue weighted by atomic mass is 16.5. The van der Waals surface area contributed by atoms with Crippen molar-refractivity contribution >= 4 is 10.8 Å². The van der Waals surface area contributed by atoms with E-state index in [1.807, 2.05) is 18.2 Å². The van der Waals surface area contributed by atoms with Gasteiger partial charge in [0.05, 0.1) is 6.10 Å². The molecule has 0 saturated carbocycles. The third-order valence-electron chi connectivity index (χ3n) is 4.67. The summed E-state index contributed by atoms with van der Waals surface area (Å²) in [5.74, 6) is 0.994. The zero-order valence-corrected chi connectivity index (χ0v) is 12.7. The number of methoxy groups -OCH3 is 1. The average Bonchev–Trinajstić information content (AvgIpc) is 2.52. The molecule has 1 saturated heterocycles. The summed E-state index contributed by atoms with van der Waals surface area (Å²) in [7, 11) is 1.79. The van der Waals surface area contributed by atoms with Crippen molar-refractivity contribution in [3.05, 3.63) is 42.0 Å². The lowest BCUT2D eigenvalue weighted by atomic mass is 9.95. The van der Waals surface area contributed by atoms with Gasteiger partial charge in [0.1, 0.15) is 5.75 Å². The van der Waals surface area contributed by atoms with Crippen molar-refractivity contribution in [2.45, 2.75) is 26.0 Å². The van der Waals surface area contributed by atoms with E-state index < -0.39 is 0 Å². The van der Waals surface area contributed by atoms with Crippen molar-refractivity contribution in [2.24, 2.45) is 5.92 Å². The Balaban J connectivity index is 1.86. The number of nitrogens with zero attached hydrogens (tertiary/aromatic N) is 1. The number of phenolic OH excluding ortho intramolecular Hbond substituents is 1. The van der Waals surface area contributed by atoms with Crippen LogP contribution in [0.3, 0.4) is 0 Å². The number of aromatic hydroxyl groups is 1. The molecular formula is C18H23NO2. The van der Waals surface area contributed by atoms with Crippen LogP contribution in [0, 0.1) is 5.92 Å². The predicted molar refractivity (Wildman–Crippen MR) is 85.5 cm³/mol. The SMILES string of the molecule is COC1CN(Cc2c(O)ccc3ccccc23)CCC1C. The predicted octanol–water partition coefficient (Wildman–Crippen LogP) is 3.40. The highest BCUT2D eigenvalue weighted by Crippen LogP contribution is 2.30. The van der Waals surface area contributed by atoms with Gasteiger partial charge in [-0.05, 0) is 35.7 Å². The Morgan fingerprint density at radius 2 is 2.05 bits per heavy atom. The van der Waals surface area contributed by atoms with Crippen LogP contribution in [0.2, 0.25) is 0 Å². The summed E-state index contributed by atoms with van der Waals surface area (Å²) in [6.45, 7) is 5.02. The summed E-state index contributed by atoms with van der Waals surface area (Å²) in [5.41, 5.74) is 1.03. The van der Waals surface area contributed by atoms with Crippen molar-refractivity contribution in [3.63, 3.8) is 0 Å². The number of likely N-dealkylation sites (tertiary alicyclic amines) is 1. The van der Waals surface area contributed by atoms with Crippen LogP contribution in [0.25, 0.3) is 10.8 Å². The second-order valence-electron chi connectivity index (χ2n) is 6.06. The number of rotatable bonds is 3. The van der Waals surface area contributed by atoms with Crippen LogP contribution in [0.5, 0.6) is 5.75 Å². The Kier molecular flexibility index (Phi) is 4.13. The molecule has 1 aliphatic rings. The minimum atomic E-state index is 0.288. The molecule has 3 nitrogen and oxygen atoms in total. The van der Waals surface area contributed by atoms with Crippen molar-refractivity contribution < 1.29 is 9.84 Å². The van der Waals surface area contributed by atoms with Crippen LogP contribution in [-0.2, 0) is 11.3 Å². The molecule has 1 heterocycles. The Hall–Kier alpha value is -1.58. The van der Waals surface area contributed by atoms with Gasteiger partial charge in [-0.1, -0.05) is 37.3 Å². The van der Waals surface area contributed by atoms with E-state index in [2.05, 4.69) is 24.0 Å². The van der Waals surface area contributed by atoms with E-state index in [1.54, 1.807) is 13.2 Å². The molecule has 1 aliphatic heterocycles. The van der Waals surface area contributed by atoms with Gasteiger partial charge in [-0.15, -0.1) is 0 Å². The van der Waals surface area contributed by atoms with Gasteiger partial charge < -0.3 is 9.84 Å². The number of hydrogen-bond acceptors (Lipinski definition) is 3. The minimum absolute atomic E-state index is 0.288.